The van der Waals surface area contributed by atoms with Crippen molar-refractivity contribution in [2.45, 2.75) is 26.2 Å². The van der Waals surface area contributed by atoms with E-state index in [0.717, 1.165) is 24.9 Å². The molecule has 1 aromatic rings. The molecule has 2 fully saturated rings. The third kappa shape index (κ3) is 2.50. The SMILES string of the molecule is Cc1nc(C(=O)CN2C[C@H]3CCC[C@H]3C2)ccc1O. The Bertz CT molecular complexity index is 489. The van der Waals surface area contributed by atoms with Crippen LogP contribution in [0.2, 0.25) is 0 Å². The van der Waals surface area contributed by atoms with Gasteiger partial charge < -0.3 is 5.11 Å². The van der Waals surface area contributed by atoms with E-state index in [4.69, 9.17) is 0 Å². The van der Waals surface area contributed by atoms with E-state index < -0.39 is 0 Å². The van der Waals surface area contributed by atoms with Crippen molar-refractivity contribution in [2.24, 2.45) is 11.8 Å². The number of carbonyl (C=O) groups excluding carboxylic acids is 1. The molecular weight excluding hydrogens is 240 g/mol. The first-order valence-corrected chi connectivity index (χ1v) is 7.05. The van der Waals surface area contributed by atoms with E-state index in [0.29, 0.717) is 17.9 Å². The van der Waals surface area contributed by atoms with Crippen LogP contribution < -0.4 is 0 Å². The topological polar surface area (TPSA) is 53.4 Å². The minimum Gasteiger partial charge on any atom is -0.506 e. The van der Waals surface area contributed by atoms with Gasteiger partial charge >= 0.3 is 0 Å². The van der Waals surface area contributed by atoms with Crippen molar-refractivity contribution in [2.75, 3.05) is 19.6 Å². The Balaban J connectivity index is 1.63. The number of ketones is 1. The van der Waals surface area contributed by atoms with Crippen molar-refractivity contribution in [1.29, 1.82) is 0 Å². The molecule has 0 spiro atoms. The number of carbonyl (C=O) groups is 1. The summed E-state index contributed by atoms with van der Waals surface area (Å²) in [6, 6.07) is 3.16. The van der Waals surface area contributed by atoms with E-state index in [-0.39, 0.29) is 11.5 Å². The van der Waals surface area contributed by atoms with Gasteiger partial charge in [0, 0.05) is 13.1 Å². The number of aryl methyl sites for hydroxylation is 1. The van der Waals surface area contributed by atoms with Crippen LogP contribution in [-0.4, -0.2) is 40.4 Å². The van der Waals surface area contributed by atoms with Crippen molar-refractivity contribution in [3.8, 4) is 5.75 Å². The first-order valence-electron chi connectivity index (χ1n) is 7.05. The van der Waals surface area contributed by atoms with Crippen LogP contribution in [0.4, 0.5) is 0 Å². The number of hydrogen-bond donors (Lipinski definition) is 1. The smallest absolute Gasteiger partial charge is 0.195 e. The second kappa shape index (κ2) is 4.93. The highest BCUT2D eigenvalue weighted by Gasteiger charge is 2.36. The Kier molecular flexibility index (Phi) is 3.27. The Hall–Kier alpha value is -1.42. The Labute approximate surface area is 113 Å². The van der Waals surface area contributed by atoms with Gasteiger partial charge in [0.1, 0.15) is 11.4 Å². The molecule has 1 saturated heterocycles. The number of Topliss-reactive ketones (excluding diaryl/α,β-unsaturated/α-hetero) is 1. The molecule has 19 heavy (non-hydrogen) atoms. The summed E-state index contributed by atoms with van der Waals surface area (Å²) >= 11 is 0. The van der Waals surface area contributed by atoms with Crippen molar-refractivity contribution < 1.29 is 9.90 Å². The molecule has 2 aliphatic rings. The number of fused-ring (bicyclic) bond motifs is 1. The van der Waals surface area contributed by atoms with Gasteiger partial charge in [-0.05, 0) is 43.7 Å². The first kappa shape index (κ1) is 12.6. The highest BCUT2D eigenvalue weighted by Crippen LogP contribution is 2.37. The number of pyridine rings is 1. The van der Waals surface area contributed by atoms with Gasteiger partial charge in [0.15, 0.2) is 5.78 Å². The van der Waals surface area contributed by atoms with Gasteiger partial charge in [-0.15, -0.1) is 0 Å². The molecule has 4 nitrogen and oxygen atoms in total. The predicted octanol–water partition coefficient (Wildman–Crippen LogP) is 2.01. The van der Waals surface area contributed by atoms with Crippen molar-refractivity contribution >= 4 is 5.78 Å². The summed E-state index contributed by atoms with van der Waals surface area (Å²) in [6.07, 6.45) is 4.01. The van der Waals surface area contributed by atoms with Crippen LogP contribution in [0.5, 0.6) is 5.75 Å². The molecule has 0 aromatic carbocycles. The van der Waals surface area contributed by atoms with Gasteiger partial charge in [-0.1, -0.05) is 6.42 Å². The standard InChI is InChI=1S/C15H20N2O2/c1-10-14(18)6-5-13(16-10)15(19)9-17-7-11-3-2-4-12(11)8-17/h5-6,11-12,18H,2-4,7-9H2,1H3/t11-,12+. The van der Waals surface area contributed by atoms with Crippen LogP contribution in [-0.2, 0) is 0 Å². The molecule has 1 aliphatic carbocycles. The fourth-order valence-corrected chi connectivity index (χ4v) is 3.45. The predicted molar refractivity (Wildman–Crippen MR) is 72.2 cm³/mol. The zero-order valence-electron chi connectivity index (χ0n) is 11.3. The van der Waals surface area contributed by atoms with Gasteiger partial charge in [0.05, 0.1) is 12.2 Å². The van der Waals surface area contributed by atoms with Crippen LogP contribution in [0.25, 0.3) is 0 Å². The molecule has 1 aliphatic heterocycles. The molecule has 2 atom stereocenters. The average molecular weight is 260 g/mol. The molecule has 1 N–H and O–H groups in total. The van der Waals surface area contributed by atoms with Crippen molar-refractivity contribution in [3.05, 3.63) is 23.5 Å². The van der Waals surface area contributed by atoms with Gasteiger partial charge in [0.2, 0.25) is 0 Å². The van der Waals surface area contributed by atoms with Crippen molar-refractivity contribution in [3.63, 3.8) is 0 Å². The summed E-state index contributed by atoms with van der Waals surface area (Å²) in [5.41, 5.74) is 0.983. The van der Waals surface area contributed by atoms with E-state index in [1.165, 1.54) is 19.3 Å². The van der Waals surface area contributed by atoms with E-state index in [2.05, 4.69) is 9.88 Å². The monoisotopic (exact) mass is 260 g/mol. The summed E-state index contributed by atoms with van der Waals surface area (Å²) in [5, 5.41) is 9.43. The van der Waals surface area contributed by atoms with Crippen LogP contribution in [0.1, 0.15) is 35.4 Å². The normalized spacial score (nSPS) is 26.6. The van der Waals surface area contributed by atoms with E-state index >= 15 is 0 Å². The molecule has 2 heterocycles. The maximum atomic E-state index is 12.2. The van der Waals surface area contributed by atoms with E-state index in [1.807, 2.05) is 0 Å². The highest BCUT2D eigenvalue weighted by atomic mass is 16.3. The second-order valence-electron chi connectivity index (χ2n) is 5.87. The number of aromatic hydroxyl groups is 1. The second-order valence-corrected chi connectivity index (χ2v) is 5.87. The lowest BCUT2D eigenvalue weighted by Crippen LogP contribution is -2.29. The zero-order valence-corrected chi connectivity index (χ0v) is 11.3. The maximum absolute atomic E-state index is 12.2. The molecule has 1 saturated carbocycles. The summed E-state index contributed by atoms with van der Waals surface area (Å²) in [5.74, 6) is 1.82. The van der Waals surface area contributed by atoms with Crippen molar-refractivity contribution in [1.82, 2.24) is 9.88 Å². The average Bonchev–Trinajstić information content (AvgIpc) is 2.93. The molecule has 1 aromatic heterocycles. The lowest BCUT2D eigenvalue weighted by Gasteiger charge is -2.15. The van der Waals surface area contributed by atoms with Gasteiger partial charge in [-0.25, -0.2) is 4.98 Å². The number of rotatable bonds is 3. The summed E-state index contributed by atoms with van der Waals surface area (Å²) in [6.45, 7) is 4.30. The van der Waals surface area contributed by atoms with Gasteiger partial charge in [-0.2, -0.15) is 0 Å². The molecule has 0 amide bonds. The maximum Gasteiger partial charge on any atom is 0.195 e. The van der Waals surface area contributed by atoms with Crippen LogP contribution in [0.3, 0.4) is 0 Å². The molecule has 0 unspecified atom stereocenters. The minimum absolute atomic E-state index is 0.0584. The molecule has 0 radical (unpaired) electrons. The number of aromatic nitrogens is 1. The van der Waals surface area contributed by atoms with Gasteiger partial charge in [0.25, 0.3) is 0 Å². The summed E-state index contributed by atoms with van der Waals surface area (Å²) in [7, 11) is 0. The number of likely N-dealkylation sites (tertiary alicyclic amines) is 1. The zero-order chi connectivity index (χ0) is 13.4. The third-order valence-corrected chi connectivity index (χ3v) is 4.51. The lowest BCUT2D eigenvalue weighted by molar-refractivity contribution is 0.0935. The highest BCUT2D eigenvalue weighted by molar-refractivity contribution is 5.96. The molecule has 0 bridgehead atoms. The lowest BCUT2D eigenvalue weighted by atomic mass is 10.0. The van der Waals surface area contributed by atoms with Gasteiger partial charge in [-0.3, -0.25) is 9.69 Å². The van der Waals surface area contributed by atoms with Crippen LogP contribution >= 0.6 is 0 Å². The first-order chi connectivity index (χ1) is 9.13. The Morgan fingerprint density at radius 3 is 2.68 bits per heavy atom. The largest absolute Gasteiger partial charge is 0.506 e. The van der Waals surface area contributed by atoms with E-state index in [9.17, 15) is 9.90 Å². The van der Waals surface area contributed by atoms with Crippen LogP contribution in [0, 0.1) is 18.8 Å². The fourth-order valence-electron chi connectivity index (χ4n) is 3.45. The minimum atomic E-state index is 0.0584. The van der Waals surface area contributed by atoms with E-state index in [1.54, 1.807) is 19.1 Å². The number of hydrogen-bond acceptors (Lipinski definition) is 4. The molecule has 3 rings (SSSR count). The quantitative estimate of drug-likeness (QED) is 0.845. The summed E-state index contributed by atoms with van der Waals surface area (Å²) < 4.78 is 0. The number of nitrogens with zero attached hydrogens (tertiary/aromatic N) is 2. The third-order valence-electron chi connectivity index (χ3n) is 4.51. The Morgan fingerprint density at radius 2 is 2.05 bits per heavy atom. The molecule has 4 heteroatoms. The summed E-state index contributed by atoms with van der Waals surface area (Å²) in [4.78, 5) is 18.6. The molecular formula is C15H20N2O2. The molecule has 102 valence electrons. The Morgan fingerprint density at radius 1 is 1.37 bits per heavy atom. The fraction of sp³-hybridized carbons (Fsp3) is 0.600. The van der Waals surface area contributed by atoms with Crippen LogP contribution in [0.15, 0.2) is 12.1 Å².